The van der Waals surface area contributed by atoms with Gasteiger partial charge in [0.25, 0.3) is 0 Å². The van der Waals surface area contributed by atoms with Crippen molar-refractivity contribution in [2.75, 3.05) is 51.1 Å². The van der Waals surface area contributed by atoms with E-state index < -0.39 is 11.9 Å². The first-order chi connectivity index (χ1) is 13.0. The van der Waals surface area contributed by atoms with Crippen LogP contribution in [0.1, 0.15) is 31.9 Å². The lowest BCUT2D eigenvalue weighted by Gasteiger charge is -2.25. The molecular weight excluding hydrogens is 486 g/mol. The van der Waals surface area contributed by atoms with Gasteiger partial charge in [-0.15, -0.1) is 24.0 Å². The van der Waals surface area contributed by atoms with Crippen molar-refractivity contribution in [2.45, 2.75) is 32.4 Å². The van der Waals surface area contributed by atoms with Crippen LogP contribution in [0.4, 0.5) is 19.1 Å². The quantitative estimate of drug-likeness (QED) is 0.214. The number of halogens is 4. The number of hydrogen-bond acceptors (Lipinski definition) is 5. The van der Waals surface area contributed by atoms with Gasteiger partial charge in [-0.2, -0.15) is 13.2 Å². The van der Waals surface area contributed by atoms with Gasteiger partial charge in [0.05, 0.1) is 6.54 Å². The van der Waals surface area contributed by atoms with Crippen LogP contribution in [0.5, 0.6) is 0 Å². The Morgan fingerprint density at radius 3 is 2.61 bits per heavy atom. The molecule has 0 amide bonds. The minimum Gasteiger partial charge on any atom is -0.357 e. The summed E-state index contributed by atoms with van der Waals surface area (Å²) in [4.78, 5) is 14.2. The predicted molar refractivity (Wildman–Crippen MR) is 115 cm³/mol. The van der Waals surface area contributed by atoms with Crippen LogP contribution in [0, 0.1) is 0 Å². The van der Waals surface area contributed by atoms with Crippen molar-refractivity contribution >= 4 is 35.9 Å². The predicted octanol–water partition coefficient (Wildman–Crippen LogP) is 2.57. The Morgan fingerprint density at radius 1 is 1.18 bits per heavy atom. The topological polar surface area (TPSA) is 77.5 Å². The Bertz CT molecular complexity index is 592. The summed E-state index contributed by atoms with van der Waals surface area (Å²) in [5.74, 6) is 0.653. The standard InChI is InChI=1S/C17H28F3N7.HI/c1-2-21-15(25-10-13-27-11-4-3-5-12-27)23-8-9-24-16-22-7-6-14(26-16)17(18,19)20;/h6-7H,2-5,8-13H2,1H3,(H2,21,23,25)(H,22,24,26);1H. The van der Waals surface area contributed by atoms with Crippen LogP contribution in [0.3, 0.4) is 0 Å². The van der Waals surface area contributed by atoms with Crippen molar-refractivity contribution in [1.29, 1.82) is 0 Å². The third-order valence-electron chi connectivity index (χ3n) is 4.13. The van der Waals surface area contributed by atoms with Gasteiger partial charge in [-0.05, 0) is 38.9 Å². The van der Waals surface area contributed by atoms with Crippen LogP contribution in [0.25, 0.3) is 0 Å². The number of aliphatic imine (C=N–C) groups is 1. The molecule has 0 spiro atoms. The van der Waals surface area contributed by atoms with Gasteiger partial charge in [-0.1, -0.05) is 6.42 Å². The summed E-state index contributed by atoms with van der Waals surface area (Å²) in [6, 6.07) is 0.849. The van der Waals surface area contributed by atoms with E-state index in [2.05, 4.69) is 35.8 Å². The molecule has 0 aromatic carbocycles. The number of aromatic nitrogens is 2. The van der Waals surface area contributed by atoms with E-state index >= 15 is 0 Å². The smallest absolute Gasteiger partial charge is 0.357 e. The van der Waals surface area contributed by atoms with Crippen LogP contribution in [0.15, 0.2) is 17.3 Å². The van der Waals surface area contributed by atoms with Crippen molar-refractivity contribution < 1.29 is 13.2 Å². The van der Waals surface area contributed by atoms with Gasteiger partial charge in [0, 0.05) is 32.4 Å². The van der Waals surface area contributed by atoms with E-state index in [1.807, 2.05) is 6.92 Å². The zero-order valence-electron chi connectivity index (χ0n) is 16.1. The normalized spacial score (nSPS) is 15.6. The van der Waals surface area contributed by atoms with Gasteiger partial charge in [0.2, 0.25) is 5.95 Å². The second-order valence-electron chi connectivity index (χ2n) is 6.28. The average molecular weight is 515 g/mol. The lowest BCUT2D eigenvalue weighted by atomic mass is 10.1. The molecule has 2 heterocycles. The minimum absolute atomic E-state index is 0. The average Bonchev–Trinajstić information content (AvgIpc) is 2.65. The number of anilines is 1. The fourth-order valence-corrected chi connectivity index (χ4v) is 2.78. The molecule has 0 radical (unpaired) electrons. The second-order valence-corrected chi connectivity index (χ2v) is 6.28. The van der Waals surface area contributed by atoms with Gasteiger partial charge < -0.3 is 20.9 Å². The fraction of sp³-hybridized carbons (Fsp3) is 0.706. The maximum Gasteiger partial charge on any atom is 0.433 e. The molecule has 0 bridgehead atoms. The van der Waals surface area contributed by atoms with Gasteiger partial charge in [-0.25, -0.2) is 9.97 Å². The Morgan fingerprint density at radius 2 is 1.93 bits per heavy atom. The lowest BCUT2D eigenvalue weighted by molar-refractivity contribution is -0.141. The highest BCUT2D eigenvalue weighted by molar-refractivity contribution is 14.0. The maximum atomic E-state index is 12.6. The summed E-state index contributed by atoms with van der Waals surface area (Å²) in [6.45, 7) is 7.50. The third-order valence-corrected chi connectivity index (χ3v) is 4.13. The molecule has 28 heavy (non-hydrogen) atoms. The Labute approximate surface area is 181 Å². The van der Waals surface area contributed by atoms with Crippen LogP contribution in [0.2, 0.25) is 0 Å². The number of guanidine groups is 1. The van der Waals surface area contributed by atoms with Gasteiger partial charge in [-0.3, -0.25) is 4.99 Å². The van der Waals surface area contributed by atoms with E-state index in [4.69, 9.17) is 0 Å². The van der Waals surface area contributed by atoms with Crippen molar-refractivity contribution in [2.24, 2.45) is 4.99 Å². The summed E-state index contributed by atoms with van der Waals surface area (Å²) in [6.07, 6.45) is 0.442. The summed E-state index contributed by atoms with van der Waals surface area (Å²) in [5.41, 5.74) is -0.958. The van der Waals surface area contributed by atoms with E-state index in [1.165, 1.54) is 19.3 Å². The largest absolute Gasteiger partial charge is 0.433 e. The number of hydrogen-bond donors (Lipinski definition) is 3. The molecule has 1 aliphatic heterocycles. The van der Waals surface area contributed by atoms with Crippen molar-refractivity contribution in [3.05, 3.63) is 18.0 Å². The molecule has 1 saturated heterocycles. The van der Waals surface area contributed by atoms with Crippen molar-refractivity contribution in [3.8, 4) is 0 Å². The van der Waals surface area contributed by atoms with E-state index in [0.29, 0.717) is 25.6 Å². The Balaban J connectivity index is 0.00000392. The molecule has 1 aromatic heterocycles. The Kier molecular flexibility index (Phi) is 11.4. The first kappa shape index (κ1) is 24.7. The van der Waals surface area contributed by atoms with Crippen molar-refractivity contribution in [1.82, 2.24) is 25.5 Å². The summed E-state index contributed by atoms with van der Waals surface area (Å²) in [7, 11) is 0. The molecule has 0 atom stereocenters. The van der Waals surface area contributed by atoms with Gasteiger partial charge in [0.1, 0.15) is 5.69 Å². The molecule has 0 unspecified atom stereocenters. The third kappa shape index (κ3) is 9.22. The molecule has 0 saturated carbocycles. The highest BCUT2D eigenvalue weighted by atomic mass is 127. The molecule has 1 aliphatic rings. The molecule has 0 aliphatic carbocycles. The van der Waals surface area contributed by atoms with Gasteiger partial charge in [0.15, 0.2) is 5.96 Å². The Hall–Kier alpha value is -1.37. The highest BCUT2D eigenvalue weighted by Crippen LogP contribution is 2.27. The van der Waals surface area contributed by atoms with Crippen molar-refractivity contribution in [3.63, 3.8) is 0 Å². The first-order valence-corrected chi connectivity index (χ1v) is 9.37. The van der Waals surface area contributed by atoms with E-state index in [9.17, 15) is 13.2 Å². The molecule has 1 aromatic rings. The van der Waals surface area contributed by atoms with Crippen LogP contribution in [-0.4, -0.2) is 66.6 Å². The summed E-state index contributed by atoms with van der Waals surface area (Å²) < 4.78 is 37.9. The first-order valence-electron chi connectivity index (χ1n) is 9.37. The molecular formula is C17H29F3IN7. The van der Waals surface area contributed by atoms with Crippen LogP contribution >= 0.6 is 24.0 Å². The number of nitrogens with one attached hydrogen (secondary N) is 3. The molecule has 11 heteroatoms. The second kappa shape index (κ2) is 13.0. The SMILES string of the molecule is CCNC(=NCCN1CCCCC1)NCCNc1nccc(C(F)(F)F)n1.I. The summed E-state index contributed by atoms with van der Waals surface area (Å²) in [5, 5.41) is 9.10. The minimum atomic E-state index is -4.48. The van der Waals surface area contributed by atoms with E-state index in [-0.39, 0.29) is 29.9 Å². The zero-order valence-corrected chi connectivity index (χ0v) is 18.4. The lowest BCUT2D eigenvalue weighted by Crippen LogP contribution is -2.40. The molecule has 160 valence electrons. The van der Waals surface area contributed by atoms with Crippen LogP contribution in [-0.2, 0) is 6.18 Å². The number of alkyl halides is 3. The molecule has 7 nitrogen and oxygen atoms in total. The van der Waals surface area contributed by atoms with E-state index in [0.717, 1.165) is 38.4 Å². The highest BCUT2D eigenvalue weighted by Gasteiger charge is 2.32. The molecule has 1 fully saturated rings. The number of piperidine rings is 1. The number of rotatable bonds is 8. The van der Waals surface area contributed by atoms with Gasteiger partial charge >= 0.3 is 6.18 Å². The molecule has 2 rings (SSSR count). The summed E-state index contributed by atoms with van der Waals surface area (Å²) >= 11 is 0. The number of nitrogens with zero attached hydrogens (tertiary/aromatic N) is 4. The monoisotopic (exact) mass is 515 g/mol. The fourth-order valence-electron chi connectivity index (χ4n) is 2.78. The maximum absolute atomic E-state index is 12.6. The molecule has 3 N–H and O–H groups in total. The van der Waals surface area contributed by atoms with Crippen LogP contribution < -0.4 is 16.0 Å². The number of likely N-dealkylation sites (tertiary alicyclic amines) is 1. The van der Waals surface area contributed by atoms with E-state index in [1.54, 1.807) is 0 Å². The zero-order chi connectivity index (χ0) is 19.5.